The first-order valence-electron chi connectivity index (χ1n) is 7.21. The van der Waals surface area contributed by atoms with E-state index in [0.29, 0.717) is 4.24 Å². The fourth-order valence-electron chi connectivity index (χ4n) is 2.47. The van der Waals surface area contributed by atoms with Gasteiger partial charge in [-0.25, -0.2) is 10.0 Å². The van der Waals surface area contributed by atoms with E-state index in [2.05, 4.69) is 13.2 Å². The van der Waals surface area contributed by atoms with Crippen LogP contribution in [-0.2, 0) is 9.59 Å². The summed E-state index contributed by atoms with van der Waals surface area (Å²) in [6.45, 7) is 7.51. The van der Waals surface area contributed by atoms with Gasteiger partial charge in [0.15, 0.2) is 11.5 Å². The number of nitrogens with zero attached hydrogens (tertiary/aromatic N) is 2. The molecule has 2 N–H and O–H groups in total. The average Bonchev–Trinajstić information content (AvgIpc) is 3.14. The number of hydrogen-bond donors (Lipinski definition) is 2. The van der Waals surface area contributed by atoms with Crippen LogP contribution in [0.15, 0.2) is 44.9 Å². The second-order valence-electron chi connectivity index (χ2n) is 5.20. The summed E-state index contributed by atoms with van der Waals surface area (Å²) in [5.41, 5.74) is -0.0501. The van der Waals surface area contributed by atoms with Gasteiger partial charge in [-0.15, -0.1) is 13.2 Å². The number of phenolic OH excluding ortho intramolecular Hbond substituents is 2. The van der Waals surface area contributed by atoms with Crippen LogP contribution in [0.4, 0.5) is 0 Å². The minimum Gasteiger partial charge on any atom is -0.505 e. The Balaban J connectivity index is 2.09. The van der Waals surface area contributed by atoms with Crippen LogP contribution in [0.3, 0.4) is 0 Å². The molecule has 0 saturated carbocycles. The van der Waals surface area contributed by atoms with Gasteiger partial charge < -0.3 is 10.2 Å². The number of thioether (sulfide) groups is 2. The molecule has 26 heavy (non-hydrogen) atoms. The third-order valence-corrected chi connectivity index (χ3v) is 7.07. The summed E-state index contributed by atoms with van der Waals surface area (Å²) in [5, 5.41) is 22.5. The second kappa shape index (κ2) is 7.11. The lowest BCUT2D eigenvalue weighted by Gasteiger charge is -2.24. The lowest BCUT2D eigenvalue weighted by molar-refractivity contribution is -0.144. The van der Waals surface area contributed by atoms with E-state index in [9.17, 15) is 19.8 Å². The van der Waals surface area contributed by atoms with Crippen molar-refractivity contribution in [3.8, 4) is 11.5 Å². The molecule has 10 heteroatoms. The van der Waals surface area contributed by atoms with E-state index in [0.717, 1.165) is 23.5 Å². The number of carbonyl (C=O) groups is 2. The number of hydrogen-bond acceptors (Lipinski definition) is 6. The first-order chi connectivity index (χ1) is 12.3. The van der Waals surface area contributed by atoms with Crippen LogP contribution in [0.25, 0.3) is 0 Å². The number of fused-ring (bicyclic) bond motifs is 1. The monoisotopic (exact) mass is 430 g/mol. The number of halogens is 2. The Hall–Kier alpha value is -1.74. The van der Waals surface area contributed by atoms with Crippen molar-refractivity contribution in [2.24, 2.45) is 0 Å². The van der Waals surface area contributed by atoms with Crippen LogP contribution >= 0.6 is 46.7 Å². The molecule has 1 aromatic carbocycles. The minimum atomic E-state index is -0.490. The molecule has 0 aliphatic carbocycles. The summed E-state index contributed by atoms with van der Waals surface area (Å²) in [5.74, 6) is -1.59. The molecule has 0 spiro atoms. The first kappa shape index (κ1) is 19.0. The van der Waals surface area contributed by atoms with Gasteiger partial charge in [0, 0.05) is 0 Å². The zero-order valence-electron chi connectivity index (χ0n) is 13.2. The van der Waals surface area contributed by atoms with Crippen molar-refractivity contribution in [2.75, 3.05) is 13.1 Å². The van der Waals surface area contributed by atoms with Crippen molar-refractivity contribution in [1.29, 1.82) is 0 Å². The Labute approximate surface area is 167 Å². The molecule has 2 aliphatic heterocycles. The van der Waals surface area contributed by atoms with E-state index in [-0.39, 0.29) is 50.0 Å². The molecule has 2 aliphatic rings. The number of hydrazine groups is 1. The van der Waals surface area contributed by atoms with Crippen molar-refractivity contribution >= 4 is 58.5 Å². The number of phenols is 2. The molecule has 6 nitrogen and oxygen atoms in total. The number of amides is 2. The summed E-state index contributed by atoms with van der Waals surface area (Å²) in [6.07, 6.45) is 3.02. The molecule has 0 bridgehead atoms. The number of benzene rings is 1. The van der Waals surface area contributed by atoms with Gasteiger partial charge in [0.1, 0.15) is 15.6 Å². The van der Waals surface area contributed by atoms with Crippen molar-refractivity contribution in [2.45, 2.75) is 9.79 Å². The summed E-state index contributed by atoms with van der Waals surface area (Å²) in [6, 6.07) is 0. The largest absolute Gasteiger partial charge is 0.505 e. The van der Waals surface area contributed by atoms with Crippen LogP contribution in [0, 0.1) is 0 Å². The first-order valence-corrected chi connectivity index (χ1v) is 9.60. The molecular formula is C16H12Cl2N2O4S2. The van der Waals surface area contributed by atoms with Crippen molar-refractivity contribution < 1.29 is 19.8 Å². The number of aromatic hydroxyl groups is 2. The fourth-order valence-corrected chi connectivity index (χ4v) is 5.57. The second-order valence-corrected chi connectivity index (χ2v) is 8.26. The van der Waals surface area contributed by atoms with E-state index in [1.807, 2.05) is 0 Å². The molecule has 3 rings (SSSR count). The lowest BCUT2D eigenvalue weighted by atomic mass is 10.3. The maximum Gasteiger partial charge on any atom is 0.280 e. The molecule has 1 saturated heterocycles. The van der Waals surface area contributed by atoms with Crippen LogP contribution in [0.2, 0.25) is 10.0 Å². The number of carbonyl (C=O) groups excluding carboxylic acids is 2. The SMILES string of the molecule is C=CCN1C(=O)C(=C2Sc3c(O)c(Cl)c(Cl)c(O)c3S2)C(=O)N1CC=C. The Morgan fingerprint density at radius 3 is 1.62 bits per heavy atom. The van der Waals surface area contributed by atoms with Gasteiger partial charge in [-0.3, -0.25) is 9.59 Å². The average molecular weight is 431 g/mol. The topological polar surface area (TPSA) is 81.1 Å². The highest BCUT2D eigenvalue weighted by Gasteiger charge is 2.44. The fraction of sp³-hybridized carbons (Fsp3) is 0.125. The summed E-state index contributed by atoms with van der Waals surface area (Å²) < 4.78 is 0.333. The smallest absolute Gasteiger partial charge is 0.280 e. The van der Waals surface area contributed by atoms with Gasteiger partial charge in [-0.1, -0.05) is 58.9 Å². The van der Waals surface area contributed by atoms with Gasteiger partial charge >= 0.3 is 0 Å². The molecule has 136 valence electrons. The zero-order valence-corrected chi connectivity index (χ0v) is 16.3. The summed E-state index contributed by atoms with van der Waals surface area (Å²) in [4.78, 5) is 26.0. The quantitative estimate of drug-likeness (QED) is 0.327. The predicted molar refractivity (Wildman–Crippen MR) is 102 cm³/mol. The molecule has 1 aromatic rings. The Morgan fingerprint density at radius 2 is 1.27 bits per heavy atom. The van der Waals surface area contributed by atoms with Crippen LogP contribution in [0.1, 0.15) is 0 Å². The Morgan fingerprint density at radius 1 is 0.885 bits per heavy atom. The summed E-state index contributed by atoms with van der Waals surface area (Å²) >= 11 is 13.8. The maximum absolute atomic E-state index is 12.8. The highest BCUT2D eigenvalue weighted by molar-refractivity contribution is 8.25. The Kier molecular flexibility index (Phi) is 5.21. The van der Waals surface area contributed by atoms with Crippen molar-refractivity contribution in [3.05, 3.63) is 45.2 Å². The molecule has 0 aromatic heterocycles. The third kappa shape index (κ3) is 2.77. The normalized spacial score (nSPS) is 16.5. The van der Waals surface area contributed by atoms with E-state index >= 15 is 0 Å². The van der Waals surface area contributed by atoms with Crippen molar-refractivity contribution in [1.82, 2.24) is 10.0 Å². The highest BCUT2D eigenvalue weighted by atomic mass is 35.5. The van der Waals surface area contributed by atoms with Crippen LogP contribution in [0.5, 0.6) is 11.5 Å². The molecule has 0 unspecified atom stereocenters. The van der Waals surface area contributed by atoms with E-state index < -0.39 is 11.8 Å². The van der Waals surface area contributed by atoms with E-state index in [1.54, 1.807) is 0 Å². The van der Waals surface area contributed by atoms with Gasteiger partial charge in [-0.05, 0) is 0 Å². The molecule has 1 fully saturated rings. The third-order valence-electron chi connectivity index (χ3n) is 3.63. The van der Waals surface area contributed by atoms with Gasteiger partial charge in [0.2, 0.25) is 0 Å². The zero-order chi connectivity index (χ0) is 19.2. The van der Waals surface area contributed by atoms with Crippen molar-refractivity contribution in [3.63, 3.8) is 0 Å². The van der Waals surface area contributed by atoms with Gasteiger partial charge in [0.25, 0.3) is 11.8 Å². The van der Waals surface area contributed by atoms with Crippen LogP contribution < -0.4 is 0 Å². The summed E-state index contributed by atoms with van der Waals surface area (Å²) in [7, 11) is 0. The molecule has 0 atom stereocenters. The minimum absolute atomic E-state index is 0.0501. The van der Waals surface area contributed by atoms with E-state index in [4.69, 9.17) is 23.2 Å². The molecular weight excluding hydrogens is 419 g/mol. The van der Waals surface area contributed by atoms with E-state index in [1.165, 1.54) is 22.2 Å². The van der Waals surface area contributed by atoms with Gasteiger partial charge in [0.05, 0.1) is 27.1 Å². The highest BCUT2D eigenvalue weighted by Crippen LogP contribution is 2.62. The number of rotatable bonds is 4. The van der Waals surface area contributed by atoms with Crippen LogP contribution in [-0.4, -0.2) is 45.1 Å². The predicted octanol–water partition coefficient (Wildman–Crippen LogP) is 3.77. The standard InChI is InChI=1S/C16H12Cl2N2O4S2/c1-3-5-19-14(23)7(15(24)20(19)6-4-2)16-25-12-10(21)8(17)9(18)11(22)13(12)26-16/h3-4,21-22H,1-2,5-6H2. The molecule has 0 radical (unpaired) electrons. The maximum atomic E-state index is 12.8. The van der Waals surface area contributed by atoms with Gasteiger partial charge in [-0.2, -0.15) is 0 Å². The Bertz CT molecular complexity index is 832. The molecule has 2 heterocycles. The lowest BCUT2D eigenvalue weighted by Crippen LogP contribution is -2.40. The molecule has 2 amide bonds.